The van der Waals surface area contributed by atoms with Gasteiger partial charge in [0.2, 0.25) is 0 Å². The fraction of sp³-hybridized carbons (Fsp3) is 0. The van der Waals surface area contributed by atoms with Gasteiger partial charge in [0.05, 0.1) is 10.6 Å². The number of rotatable bonds is 3. The van der Waals surface area contributed by atoms with Crippen LogP contribution in [0.4, 0.5) is 5.69 Å². The average Bonchev–Trinajstić information content (AvgIpc) is 2.75. The molecule has 1 aliphatic rings. The number of halogens is 3. The number of hydrogen-bond donors (Lipinski definition) is 0. The predicted octanol–water partition coefficient (Wildman–Crippen LogP) is 5.52. The summed E-state index contributed by atoms with van der Waals surface area (Å²) in [5, 5.41) is 0. The van der Waals surface area contributed by atoms with E-state index in [-0.39, 0.29) is 11.8 Å². The highest BCUT2D eigenvalue weighted by atomic mass is 79.9. The molecule has 0 aromatic heterocycles. The zero-order valence-corrected chi connectivity index (χ0v) is 17.0. The second-order valence-corrected chi connectivity index (χ2v) is 8.36. The maximum atomic E-state index is 12.7. The van der Waals surface area contributed by atoms with E-state index in [9.17, 15) is 9.59 Å². The first-order valence-corrected chi connectivity index (χ1v) is 9.64. The van der Waals surface area contributed by atoms with E-state index in [1.54, 1.807) is 12.1 Å². The van der Waals surface area contributed by atoms with Crippen molar-refractivity contribution in [2.24, 2.45) is 0 Å². The van der Waals surface area contributed by atoms with Crippen LogP contribution in [0.3, 0.4) is 0 Å². The van der Waals surface area contributed by atoms with Crippen molar-refractivity contribution in [3.05, 3.63) is 66.9 Å². The molecule has 0 radical (unpaired) electrons. The first-order chi connectivity index (χ1) is 11.0. The van der Waals surface area contributed by atoms with Crippen LogP contribution in [0, 0.1) is 0 Å². The number of hydrogen-bond acceptors (Lipinski definition) is 3. The van der Waals surface area contributed by atoms with Gasteiger partial charge in [-0.15, -0.1) is 0 Å². The molecule has 0 unspecified atom stereocenters. The Morgan fingerprint density at radius 2 is 1.52 bits per heavy atom. The Balaban J connectivity index is 1.93. The highest BCUT2D eigenvalue weighted by molar-refractivity contribution is 9.11. The van der Waals surface area contributed by atoms with Gasteiger partial charge in [-0.3, -0.25) is 9.59 Å². The van der Waals surface area contributed by atoms with E-state index in [2.05, 4.69) is 47.8 Å². The molecule has 0 bridgehead atoms. The molecule has 1 aliphatic heterocycles. The molecule has 2 aromatic carbocycles. The molecule has 0 spiro atoms. The molecule has 23 heavy (non-hydrogen) atoms. The summed E-state index contributed by atoms with van der Waals surface area (Å²) >= 11 is 11.5. The van der Waals surface area contributed by atoms with Gasteiger partial charge in [0.25, 0.3) is 11.8 Å². The molecule has 116 valence electrons. The minimum absolute atomic E-state index is 0.326. The molecule has 0 saturated carbocycles. The molecular formula is C16H8Br3NO2S. The van der Waals surface area contributed by atoms with E-state index in [0.717, 1.165) is 9.37 Å². The van der Waals surface area contributed by atoms with Crippen molar-refractivity contribution in [1.82, 2.24) is 0 Å². The van der Waals surface area contributed by atoms with Crippen LogP contribution in [-0.2, 0) is 9.59 Å². The van der Waals surface area contributed by atoms with Gasteiger partial charge in [-0.05, 0) is 56.1 Å². The third-order valence-corrected chi connectivity index (χ3v) is 5.75. The largest absolute Gasteiger partial charge is 0.272 e. The normalized spacial score (nSPS) is 14.4. The number of carbonyl (C=O) groups excluding carboxylic acids is 2. The summed E-state index contributed by atoms with van der Waals surface area (Å²) < 4.78 is 2.14. The van der Waals surface area contributed by atoms with E-state index in [4.69, 9.17) is 0 Å². The van der Waals surface area contributed by atoms with Crippen molar-refractivity contribution in [2.45, 2.75) is 4.90 Å². The average molecular weight is 518 g/mol. The zero-order valence-electron chi connectivity index (χ0n) is 11.4. The Morgan fingerprint density at radius 3 is 2.13 bits per heavy atom. The summed E-state index contributed by atoms with van der Waals surface area (Å²) in [5.41, 5.74) is 0.503. The number of carbonyl (C=O) groups is 2. The molecule has 3 nitrogen and oxygen atoms in total. The van der Waals surface area contributed by atoms with Gasteiger partial charge in [-0.2, -0.15) is 0 Å². The summed E-state index contributed by atoms with van der Waals surface area (Å²) in [4.78, 5) is 27.5. The highest BCUT2D eigenvalue weighted by Crippen LogP contribution is 2.41. The lowest BCUT2D eigenvalue weighted by Crippen LogP contribution is -2.31. The van der Waals surface area contributed by atoms with Crippen LogP contribution in [0.5, 0.6) is 0 Å². The zero-order chi connectivity index (χ0) is 16.6. The van der Waals surface area contributed by atoms with Gasteiger partial charge >= 0.3 is 0 Å². The lowest BCUT2D eigenvalue weighted by Gasteiger charge is -2.18. The van der Waals surface area contributed by atoms with E-state index in [0.29, 0.717) is 19.5 Å². The maximum Gasteiger partial charge on any atom is 0.272 e. The molecule has 1 heterocycles. The fourth-order valence-corrected chi connectivity index (χ4v) is 5.60. The summed E-state index contributed by atoms with van der Waals surface area (Å²) in [6, 6.07) is 13.1. The minimum Gasteiger partial charge on any atom is -0.269 e. The van der Waals surface area contributed by atoms with Crippen LogP contribution in [0.25, 0.3) is 0 Å². The summed E-state index contributed by atoms with van der Waals surface area (Å²) in [5.74, 6) is -0.676. The van der Waals surface area contributed by atoms with Gasteiger partial charge in [0.15, 0.2) is 0 Å². The Bertz CT molecular complexity index is 813. The van der Waals surface area contributed by atoms with Crippen LogP contribution in [-0.4, -0.2) is 11.8 Å². The van der Waals surface area contributed by atoms with Crippen molar-refractivity contribution in [3.8, 4) is 0 Å². The first-order valence-electron chi connectivity index (χ1n) is 6.45. The fourth-order valence-electron chi connectivity index (χ4n) is 2.10. The maximum absolute atomic E-state index is 12.7. The van der Waals surface area contributed by atoms with Gasteiger partial charge in [-0.25, -0.2) is 4.90 Å². The molecule has 2 amide bonds. The molecule has 2 aromatic rings. The molecule has 0 aliphatic carbocycles. The van der Waals surface area contributed by atoms with Crippen molar-refractivity contribution in [2.75, 3.05) is 4.90 Å². The number of amides is 2. The van der Waals surface area contributed by atoms with Crippen molar-refractivity contribution < 1.29 is 9.59 Å². The molecule has 0 saturated heterocycles. The number of nitrogens with zero attached hydrogens (tertiary/aromatic N) is 1. The molecule has 7 heteroatoms. The predicted molar refractivity (Wildman–Crippen MR) is 102 cm³/mol. The topological polar surface area (TPSA) is 37.4 Å². The molecule has 0 N–H and O–H groups in total. The van der Waals surface area contributed by atoms with Gasteiger partial charge < -0.3 is 0 Å². The SMILES string of the molecule is O=C1C=C(Sc2ccccc2)C(=O)N1c1c(Br)cc(Br)cc1Br. The van der Waals surface area contributed by atoms with E-state index >= 15 is 0 Å². The first kappa shape index (κ1) is 17.0. The summed E-state index contributed by atoms with van der Waals surface area (Å²) in [6.07, 6.45) is 1.38. The molecule has 3 rings (SSSR count). The van der Waals surface area contributed by atoms with Crippen LogP contribution in [0.15, 0.2) is 71.8 Å². The van der Waals surface area contributed by atoms with Gasteiger partial charge in [0, 0.05) is 24.4 Å². The van der Waals surface area contributed by atoms with Crippen LogP contribution < -0.4 is 4.90 Å². The lowest BCUT2D eigenvalue weighted by molar-refractivity contribution is -0.120. The van der Waals surface area contributed by atoms with Crippen molar-refractivity contribution in [1.29, 1.82) is 0 Å². The lowest BCUT2D eigenvalue weighted by atomic mass is 10.3. The number of imide groups is 1. The minimum atomic E-state index is -0.350. The number of benzene rings is 2. The highest BCUT2D eigenvalue weighted by Gasteiger charge is 2.35. The monoisotopic (exact) mass is 515 g/mol. The van der Waals surface area contributed by atoms with E-state index in [1.807, 2.05) is 30.3 Å². The summed E-state index contributed by atoms with van der Waals surface area (Å²) in [6.45, 7) is 0. The second kappa shape index (κ2) is 6.93. The molecule has 0 atom stereocenters. The molecule has 0 fully saturated rings. The van der Waals surface area contributed by atoms with Crippen molar-refractivity contribution in [3.63, 3.8) is 0 Å². The van der Waals surface area contributed by atoms with Crippen molar-refractivity contribution >= 4 is 77.1 Å². The smallest absolute Gasteiger partial charge is 0.269 e. The molecular weight excluding hydrogens is 510 g/mol. The van der Waals surface area contributed by atoms with E-state index < -0.39 is 0 Å². The number of anilines is 1. The quantitative estimate of drug-likeness (QED) is 0.503. The third-order valence-electron chi connectivity index (χ3n) is 3.07. The number of thioether (sulfide) groups is 1. The Morgan fingerprint density at radius 1 is 0.913 bits per heavy atom. The standard InChI is InChI=1S/C16H8Br3NO2S/c17-9-6-11(18)15(12(19)7-9)20-14(21)8-13(16(20)22)23-10-4-2-1-3-5-10/h1-8H. The van der Waals surface area contributed by atoms with E-state index in [1.165, 1.54) is 22.7 Å². The Labute approximate surface area is 162 Å². The van der Waals surface area contributed by atoms with Crippen LogP contribution in [0.1, 0.15) is 0 Å². The third kappa shape index (κ3) is 3.47. The van der Waals surface area contributed by atoms with Crippen LogP contribution in [0.2, 0.25) is 0 Å². The summed E-state index contributed by atoms with van der Waals surface area (Å²) in [7, 11) is 0. The Kier molecular flexibility index (Phi) is 5.10. The second-order valence-electron chi connectivity index (χ2n) is 4.62. The van der Waals surface area contributed by atoms with Gasteiger partial charge in [0.1, 0.15) is 0 Å². The van der Waals surface area contributed by atoms with Gasteiger partial charge in [-0.1, -0.05) is 45.9 Å². The van der Waals surface area contributed by atoms with Crippen LogP contribution >= 0.6 is 59.6 Å². The Hall–Kier alpha value is -0.890.